The summed E-state index contributed by atoms with van der Waals surface area (Å²) in [5, 5.41) is 0. The average molecular weight is 392 g/mol. The van der Waals surface area contributed by atoms with Crippen LogP contribution in [-0.4, -0.2) is 31.1 Å². The number of hydrogen-bond donors (Lipinski definition) is 0. The summed E-state index contributed by atoms with van der Waals surface area (Å²) in [6.45, 7) is 0.245. The SMILES string of the molecule is COC(=O)C1=C(C(=O)OC)N(c2ccccc2OCc2ccccn2)C=CC=C1. The van der Waals surface area contributed by atoms with E-state index in [0.29, 0.717) is 11.4 Å². The summed E-state index contributed by atoms with van der Waals surface area (Å²) in [7, 11) is 2.51. The molecule has 0 atom stereocenters. The van der Waals surface area contributed by atoms with Crippen LogP contribution in [-0.2, 0) is 25.7 Å². The molecular weight excluding hydrogens is 372 g/mol. The number of nitrogens with zero attached hydrogens (tertiary/aromatic N) is 2. The molecule has 7 nitrogen and oxygen atoms in total. The molecule has 2 heterocycles. The number of ether oxygens (including phenoxy) is 3. The van der Waals surface area contributed by atoms with Crippen LogP contribution in [0.5, 0.6) is 5.75 Å². The molecule has 0 saturated heterocycles. The second kappa shape index (κ2) is 9.36. The van der Waals surface area contributed by atoms with Crippen molar-refractivity contribution >= 4 is 17.6 Å². The number of carbonyl (C=O) groups is 2. The minimum atomic E-state index is -0.680. The van der Waals surface area contributed by atoms with E-state index in [-0.39, 0.29) is 17.9 Å². The minimum absolute atomic E-state index is 0.0261. The highest BCUT2D eigenvalue weighted by Crippen LogP contribution is 2.34. The van der Waals surface area contributed by atoms with Gasteiger partial charge in [0, 0.05) is 12.4 Å². The summed E-state index contributed by atoms with van der Waals surface area (Å²) in [6.07, 6.45) is 8.20. The lowest BCUT2D eigenvalue weighted by atomic mass is 10.1. The number of rotatable bonds is 6. The van der Waals surface area contributed by atoms with Gasteiger partial charge in [-0.25, -0.2) is 9.59 Å². The van der Waals surface area contributed by atoms with Gasteiger partial charge in [-0.3, -0.25) is 4.98 Å². The zero-order valence-corrected chi connectivity index (χ0v) is 16.1. The van der Waals surface area contributed by atoms with E-state index in [2.05, 4.69) is 4.98 Å². The maximum atomic E-state index is 12.6. The van der Waals surface area contributed by atoms with Crippen LogP contribution >= 0.6 is 0 Å². The number of carbonyl (C=O) groups excluding carboxylic acids is 2. The van der Waals surface area contributed by atoms with Gasteiger partial charge in [0.1, 0.15) is 18.1 Å². The molecule has 0 unspecified atom stereocenters. The Hall–Kier alpha value is -3.87. The number of methoxy groups -OCH3 is 2. The first-order valence-electron chi connectivity index (χ1n) is 8.82. The van der Waals surface area contributed by atoms with E-state index in [4.69, 9.17) is 14.2 Å². The molecule has 0 fully saturated rings. The molecule has 1 aromatic carbocycles. The van der Waals surface area contributed by atoms with E-state index in [0.717, 1.165) is 5.69 Å². The first kappa shape index (κ1) is 19.9. The van der Waals surface area contributed by atoms with Crippen LogP contribution in [0.2, 0.25) is 0 Å². The number of pyridine rings is 1. The van der Waals surface area contributed by atoms with Crippen molar-refractivity contribution in [2.45, 2.75) is 6.61 Å². The number of esters is 2. The number of benzene rings is 1. The standard InChI is InChI=1S/C22H20N2O5/c1-27-21(25)17-10-6-8-14-24(20(17)22(26)28-2)18-11-3-4-12-19(18)29-15-16-9-5-7-13-23-16/h3-14H,15H2,1-2H3. The highest BCUT2D eigenvalue weighted by molar-refractivity contribution is 6.05. The van der Waals surface area contributed by atoms with Gasteiger partial charge in [0.2, 0.25) is 0 Å². The van der Waals surface area contributed by atoms with Gasteiger partial charge in [-0.1, -0.05) is 24.3 Å². The van der Waals surface area contributed by atoms with Crippen molar-refractivity contribution in [3.63, 3.8) is 0 Å². The van der Waals surface area contributed by atoms with E-state index >= 15 is 0 Å². The molecule has 0 amide bonds. The monoisotopic (exact) mass is 392 g/mol. The third-order valence-corrected chi connectivity index (χ3v) is 4.12. The van der Waals surface area contributed by atoms with Crippen LogP contribution in [0.25, 0.3) is 0 Å². The smallest absolute Gasteiger partial charge is 0.355 e. The average Bonchev–Trinajstić information content (AvgIpc) is 3.00. The molecule has 0 N–H and O–H groups in total. The van der Waals surface area contributed by atoms with Crippen LogP contribution in [0.4, 0.5) is 5.69 Å². The predicted octanol–water partition coefficient (Wildman–Crippen LogP) is 3.15. The van der Waals surface area contributed by atoms with E-state index in [1.165, 1.54) is 20.3 Å². The van der Waals surface area contributed by atoms with Gasteiger partial charge in [0.25, 0.3) is 0 Å². The first-order valence-corrected chi connectivity index (χ1v) is 8.82. The van der Waals surface area contributed by atoms with Crippen molar-refractivity contribution in [2.75, 3.05) is 19.1 Å². The lowest BCUT2D eigenvalue weighted by Gasteiger charge is -2.25. The molecule has 7 heteroatoms. The van der Waals surface area contributed by atoms with E-state index in [9.17, 15) is 9.59 Å². The Balaban J connectivity index is 2.03. The second-order valence-corrected chi connectivity index (χ2v) is 5.89. The van der Waals surface area contributed by atoms with Gasteiger partial charge < -0.3 is 19.1 Å². The first-order chi connectivity index (χ1) is 14.2. The molecule has 1 aliphatic rings. The van der Waals surface area contributed by atoms with Crippen molar-refractivity contribution in [1.82, 2.24) is 4.98 Å². The third-order valence-electron chi connectivity index (χ3n) is 4.12. The zero-order chi connectivity index (χ0) is 20.6. The lowest BCUT2D eigenvalue weighted by Crippen LogP contribution is -2.27. The molecule has 2 aromatic rings. The van der Waals surface area contributed by atoms with Crippen LogP contribution in [0, 0.1) is 0 Å². The third kappa shape index (κ3) is 4.52. The van der Waals surface area contributed by atoms with Crippen molar-refractivity contribution < 1.29 is 23.8 Å². The number of aromatic nitrogens is 1. The van der Waals surface area contributed by atoms with Gasteiger partial charge >= 0.3 is 11.9 Å². The van der Waals surface area contributed by atoms with Crippen molar-refractivity contribution in [3.8, 4) is 5.75 Å². The maximum Gasteiger partial charge on any atom is 0.355 e. The minimum Gasteiger partial charge on any atom is -0.485 e. The molecule has 1 aromatic heterocycles. The Morgan fingerprint density at radius 2 is 1.72 bits per heavy atom. The molecule has 0 saturated carbocycles. The van der Waals surface area contributed by atoms with Crippen molar-refractivity contribution in [1.29, 1.82) is 0 Å². The fraction of sp³-hybridized carbons (Fsp3) is 0.136. The van der Waals surface area contributed by atoms with Gasteiger partial charge in [-0.2, -0.15) is 0 Å². The summed E-state index contributed by atoms with van der Waals surface area (Å²) in [5.41, 5.74) is 1.42. The molecule has 0 radical (unpaired) electrons. The molecule has 29 heavy (non-hydrogen) atoms. The van der Waals surface area contributed by atoms with Gasteiger partial charge in [0.05, 0.1) is 31.2 Å². The zero-order valence-electron chi connectivity index (χ0n) is 16.1. The quantitative estimate of drug-likeness (QED) is 0.699. The molecule has 0 spiro atoms. The van der Waals surface area contributed by atoms with Gasteiger partial charge in [-0.15, -0.1) is 0 Å². The predicted molar refractivity (Wildman–Crippen MR) is 107 cm³/mol. The summed E-state index contributed by atoms with van der Waals surface area (Å²) < 4.78 is 15.7. The van der Waals surface area contributed by atoms with E-state index < -0.39 is 11.9 Å². The Morgan fingerprint density at radius 3 is 2.45 bits per heavy atom. The Bertz CT molecular complexity index is 980. The molecule has 0 bridgehead atoms. The summed E-state index contributed by atoms with van der Waals surface area (Å²) >= 11 is 0. The summed E-state index contributed by atoms with van der Waals surface area (Å²) in [4.78, 5) is 30.7. The Kier molecular flexibility index (Phi) is 6.42. The highest BCUT2D eigenvalue weighted by atomic mass is 16.5. The second-order valence-electron chi connectivity index (χ2n) is 5.89. The van der Waals surface area contributed by atoms with Gasteiger partial charge in [-0.05, 0) is 36.4 Å². The number of hydrogen-bond acceptors (Lipinski definition) is 7. The topological polar surface area (TPSA) is 78.0 Å². The molecule has 0 aliphatic carbocycles. The number of anilines is 1. The normalized spacial score (nSPS) is 13.1. The van der Waals surface area contributed by atoms with Crippen molar-refractivity contribution in [3.05, 3.63) is 90.1 Å². The lowest BCUT2D eigenvalue weighted by molar-refractivity contribution is -0.139. The van der Waals surface area contributed by atoms with Gasteiger partial charge in [0.15, 0.2) is 0 Å². The number of allylic oxidation sites excluding steroid dienone is 2. The number of para-hydroxylation sites is 2. The van der Waals surface area contributed by atoms with Crippen LogP contribution in [0.15, 0.2) is 84.4 Å². The van der Waals surface area contributed by atoms with Crippen LogP contribution in [0.1, 0.15) is 5.69 Å². The maximum absolute atomic E-state index is 12.6. The van der Waals surface area contributed by atoms with E-state index in [1.54, 1.807) is 41.6 Å². The fourth-order valence-electron chi connectivity index (χ4n) is 2.76. The fourth-order valence-corrected chi connectivity index (χ4v) is 2.76. The Morgan fingerprint density at radius 1 is 0.966 bits per heavy atom. The summed E-state index contributed by atoms with van der Waals surface area (Å²) in [5.74, 6) is -0.821. The molecule has 148 valence electrons. The van der Waals surface area contributed by atoms with Crippen LogP contribution in [0.3, 0.4) is 0 Å². The van der Waals surface area contributed by atoms with Crippen molar-refractivity contribution in [2.24, 2.45) is 0 Å². The highest BCUT2D eigenvalue weighted by Gasteiger charge is 2.28. The molecule has 3 rings (SSSR count). The van der Waals surface area contributed by atoms with E-state index in [1.807, 2.05) is 30.3 Å². The Labute approximate surface area is 168 Å². The summed E-state index contributed by atoms with van der Waals surface area (Å²) in [6, 6.07) is 12.7. The molecular formula is C22H20N2O5. The molecule has 1 aliphatic heterocycles. The van der Waals surface area contributed by atoms with Crippen LogP contribution < -0.4 is 9.64 Å². The largest absolute Gasteiger partial charge is 0.485 e.